The van der Waals surface area contributed by atoms with Crippen LogP contribution in [0.25, 0.3) is 0 Å². The monoisotopic (exact) mass is 227 g/mol. The van der Waals surface area contributed by atoms with Gasteiger partial charge in [0, 0.05) is 0 Å². The topological polar surface area (TPSA) is 44.5 Å². The summed E-state index contributed by atoms with van der Waals surface area (Å²) in [6.45, 7) is 3.91. The second-order valence-corrected chi connectivity index (χ2v) is 5.42. The van der Waals surface area contributed by atoms with Crippen LogP contribution in [0, 0.1) is 0 Å². The number of ether oxygens (including phenoxy) is 2. The molecule has 3 nitrogen and oxygen atoms in total. The average molecular weight is 227 g/mol. The fraction of sp³-hybridized carbons (Fsp3) is 0.455. The molecule has 0 unspecified atom stereocenters. The minimum Gasteiger partial charge on any atom is -0.497 e. The molecule has 1 aromatic rings. The third-order valence-electron chi connectivity index (χ3n) is 1.74. The van der Waals surface area contributed by atoms with Gasteiger partial charge in [0.1, 0.15) is 11.5 Å². The molecule has 0 saturated carbocycles. The summed E-state index contributed by atoms with van der Waals surface area (Å²) in [6.07, 6.45) is 0. The van der Waals surface area contributed by atoms with E-state index in [9.17, 15) is 0 Å². The van der Waals surface area contributed by atoms with Crippen molar-refractivity contribution < 1.29 is 9.47 Å². The van der Waals surface area contributed by atoms with Gasteiger partial charge in [0.05, 0.1) is 24.0 Å². The highest BCUT2D eigenvalue weighted by molar-refractivity contribution is 8.00. The van der Waals surface area contributed by atoms with Crippen molar-refractivity contribution in [2.75, 3.05) is 14.2 Å². The Morgan fingerprint density at radius 3 is 2.33 bits per heavy atom. The lowest BCUT2D eigenvalue weighted by Gasteiger charge is -2.19. The molecule has 0 atom stereocenters. The van der Waals surface area contributed by atoms with Gasteiger partial charge < -0.3 is 15.2 Å². The molecule has 0 bridgehead atoms. The van der Waals surface area contributed by atoms with E-state index >= 15 is 0 Å². The van der Waals surface area contributed by atoms with Gasteiger partial charge in [-0.3, -0.25) is 0 Å². The van der Waals surface area contributed by atoms with Crippen LogP contribution in [0.1, 0.15) is 13.8 Å². The van der Waals surface area contributed by atoms with Crippen LogP contribution in [0.4, 0.5) is 0 Å². The summed E-state index contributed by atoms with van der Waals surface area (Å²) < 4.78 is 10.4. The molecule has 0 aromatic heterocycles. The van der Waals surface area contributed by atoms with Gasteiger partial charge in [0.25, 0.3) is 0 Å². The molecular formula is C11H17NO2S. The predicted molar refractivity (Wildman–Crippen MR) is 63.7 cm³/mol. The van der Waals surface area contributed by atoms with Gasteiger partial charge in [-0.25, -0.2) is 0 Å². The molecule has 1 aromatic carbocycles. The smallest absolute Gasteiger partial charge is 0.132 e. The van der Waals surface area contributed by atoms with Crippen LogP contribution in [0.5, 0.6) is 11.5 Å². The Bertz CT molecular complexity index is 334. The quantitative estimate of drug-likeness (QED) is 0.634. The van der Waals surface area contributed by atoms with Gasteiger partial charge in [0.15, 0.2) is 0 Å². The van der Waals surface area contributed by atoms with Gasteiger partial charge in [-0.05, 0) is 32.0 Å². The Morgan fingerprint density at radius 2 is 1.87 bits per heavy atom. The first-order valence-corrected chi connectivity index (χ1v) is 5.48. The molecule has 0 amide bonds. The van der Waals surface area contributed by atoms with E-state index in [0.29, 0.717) is 0 Å². The second kappa shape index (κ2) is 4.77. The fourth-order valence-electron chi connectivity index (χ4n) is 1.15. The maximum absolute atomic E-state index is 5.95. The summed E-state index contributed by atoms with van der Waals surface area (Å²) in [5.74, 6) is 1.63. The summed E-state index contributed by atoms with van der Waals surface area (Å²) >= 11 is 1.55. The summed E-state index contributed by atoms with van der Waals surface area (Å²) in [4.78, 5) is 0.656. The summed E-state index contributed by atoms with van der Waals surface area (Å²) in [7, 11) is 3.29. The zero-order valence-corrected chi connectivity index (χ0v) is 10.4. The Balaban J connectivity index is 3.01. The number of benzene rings is 1. The highest BCUT2D eigenvalue weighted by Crippen LogP contribution is 2.37. The zero-order chi connectivity index (χ0) is 11.5. The van der Waals surface area contributed by atoms with Crippen molar-refractivity contribution in [3.05, 3.63) is 18.2 Å². The Labute approximate surface area is 94.9 Å². The minimum atomic E-state index is -0.334. The standard InChI is InChI=1S/C11H17NO2S/c1-11(2,12)15-10-7-8(13-3)5-6-9(10)14-4/h5-7H,12H2,1-4H3. The van der Waals surface area contributed by atoms with E-state index in [-0.39, 0.29) is 4.87 Å². The molecule has 0 aliphatic heterocycles. The molecule has 2 N–H and O–H groups in total. The number of methoxy groups -OCH3 is 2. The van der Waals surface area contributed by atoms with Crippen LogP contribution in [-0.2, 0) is 0 Å². The highest BCUT2D eigenvalue weighted by Gasteiger charge is 2.16. The van der Waals surface area contributed by atoms with Crippen molar-refractivity contribution in [2.24, 2.45) is 5.73 Å². The SMILES string of the molecule is COc1ccc(OC)c(SC(C)(C)N)c1. The van der Waals surface area contributed by atoms with Crippen LogP contribution >= 0.6 is 11.8 Å². The first-order chi connectivity index (χ1) is 6.96. The zero-order valence-electron chi connectivity index (χ0n) is 9.53. The normalized spacial score (nSPS) is 11.3. The number of hydrogen-bond acceptors (Lipinski definition) is 4. The van der Waals surface area contributed by atoms with E-state index in [2.05, 4.69) is 0 Å². The van der Waals surface area contributed by atoms with Crippen LogP contribution in [0.2, 0.25) is 0 Å². The number of thioether (sulfide) groups is 1. The van der Waals surface area contributed by atoms with Crippen LogP contribution in [0.3, 0.4) is 0 Å². The summed E-state index contributed by atoms with van der Waals surface area (Å²) in [5, 5.41) is 0. The van der Waals surface area contributed by atoms with Crippen LogP contribution in [0.15, 0.2) is 23.1 Å². The van der Waals surface area contributed by atoms with E-state index < -0.39 is 0 Å². The maximum atomic E-state index is 5.95. The number of nitrogens with two attached hydrogens (primary N) is 1. The van der Waals surface area contributed by atoms with Crippen LogP contribution in [-0.4, -0.2) is 19.1 Å². The molecule has 1 rings (SSSR count). The molecule has 0 heterocycles. The molecule has 0 fully saturated rings. The molecule has 0 aliphatic rings. The lowest BCUT2D eigenvalue weighted by molar-refractivity contribution is 0.394. The lowest BCUT2D eigenvalue weighted by Crippen LogP contribution is -2.26. The van der Waals surface area contributed by atoms with Crippen molar-refractivity contribution in [1.29, 1.82) is 0 Å². The Kier molecular flexibility index (Phi) is 3.88. The van der Waals surface area contributed by atoms with Gasteiger partial charge in [0.2, 0.25) is 0 Å². The predicted octanol–water partition coefficient (Wildman–Crippen LogP) is 2.49. The Morgan fingerprint density at radius 1 is 1.20 bits per heavy atom. The van der Waals surface area contributed by atoms with E-state index in [1.54, 1.807) is 26.0 Å². The third-order valence-corrected chi connectivity index (χ3v) is 2.81. The number of rotatable bonds is 4. The van der Waals surface area contributed by atoms with Crippen LogP contribution < -0.4 is 15.2 Å². The average Bonchev–Trinajstić information content (AvgIpc) is 2.15. The van der Waals surface area contributed by atoms with E-state index in [0.717, 1.165) is 16.4 Å². The van der Waals surface area contributed by atoms with E-state index in [1.165, 1.54) is 0 Å². The Hall–Kier alpha value is -0.870. The summed E-state index contributed by atoms with van der Waals surface area (Å²) in [6, 6.07) is 5.68. The third kappa shape index (κ3) is 3.64. The van der Waals surface area contributed by atoms with Crippen molar-refractivity contribution in [3.63, 3.8) is 0 Å². The van der Waals surface area contributed by atoms with E-state index in [1.807, 2.05) is 32.0 Å². The molecule has 84 valence electrons. The van der Waals surface area contributed by atoms with Gasteiger partial charge >= 0.3 is 0 Å². The number of hydrogen-bond donors (Lipinski definition) is 1. The summed E-state index contributed by atoms with van der Waals surface area (Å²) in [5.41, 5.74) is 5.95. The lowest BCUT2D eigenvalue weighted by atomic mass is 10.3. The molecular weight excluding hydrogens is 210 g/mol. The molecule has 15 heavy (non-hydrogen) atoms. The molecule has 4 heteroatoms. The first kappa shape index (κ1) is 12.2. The van der Waals surface area contributed by atoms with Crippen molar-refractivity contribution in [1.82, 2.24) is 0 Å². The fourth-order valence-corrected chi connectivity index (χ4v) is 2.14. The second-order valence-electron chi connectivity index (χ2n) is 3.72. The van der Waals surface area contributed by atoms with Crippen molar-refractivity contribution in [3.8, 4) is 11.5 Å². The largest absolute Gasteiger partial charge is 0.497 e. The van der Waals surface area contributed by atoms with Gasteiger partial charge in [-0.15, -0.1) is 11.8 Å². The highest BCUT2D eigenvalue weighted by atomic mass is 32.2. The molecule has 0 spiro atoms. The van der Waals surface area contributed by atoms with Gasteiger partial charge in [-0.1, -0.05) is 0 Å². The minimum absolute atomic E-state index is 0.334. The van der Waals surface area contributed by atoms with E-state index in [4.69, 9.17) is 15.2 Å². The first-order valence-electron chi connectivity index (χ1n) is 4.66. The van der Waals surface area contributed by atoms with Crippen molar-refractivity contribution in [2.45, 2.75) is 23.6 Å². The van der Waals surface area contributed by atoms with Crippen molar-refractivity contribution >= 4 is 11.8 Å². The molecule has 0 saturated heterocycles. The molecule has 0 radical (unpaired) electrons. The maximum Gasteiger partial charge on any atom is 0.132 e. The van der Waals surface area contributed by atoms with Gasteiger partial charge in [-0.2, -0.15) is 0 Å². The molecule has 0 aliphatic carbocycles.